The van der Waals surface area contributed by atoms with Crippen molar-refractivity contribution in [3.8, 4) is 5.75 Å². The molecule has 0 radical (unpaired) electrons. The van der Waals surface area contributed by atoms with Gasteiger partial charge >= 0.3 is 0 Å². The number of amides is 2. The van der Waals surface area contributed by atoms with Crippen LogP contribution in [0, 0.1) is 0 Å². The Morgan fingerprint density at radius 2 is 2.21 bits per heavy atom. The highest BCUT2D eigenvalue weighted by atomic mass is 16.5. The summed E-state index contributed by atoms with van der Waals surface area (Å²) >= 11 is 0. The van der Waals surface area contributed by atoms with E-state index in [4.69, 9.17) is 4.74 Å². The van der Waals surface area contributed by atoms with Crippen molar-refractivity contribution in [2.24, 2.45) is 0 Å². The molecule has 0 spiro atoms. The van der Waals surface area contributed by atoms with Gasteiger partial charge in [-0.05, 0) is 24.7 Å². The maximum atomic E-state index is 11.8. The summed E-state index contributed by atoms with van der Waals surface area (Å²) in [6.07, 6.45) is 0.328. The van der Waals surface area contributed by atoms with Crippen molar-refractivity contribution in [2.75, 3.05) is 26.0 Å². The lowest BCUT2D eigenvalue weighted by molar-refractivity contribution is -0.122. The molecule has 2 amide bonds. The first kappa shape index (κ1) is 13.4. The highest BCUT2D eigenvalue weighted by Gasteiger charge is 2.20. The Morgan fingerprint density at radius 1 is 1.42 bits per heavy atom. The van der Waals surface area contributed by atoms with E-state index >= 15 is 0 Å². The summed E-state index contributed by atoms with van der Waals surface area (Å²) in [4.78, 5) is 23.3. The van der Waals surface area contributed by atoms with E-state index in [1.165, 1.54) is 0 Å². The Bertz CT molecular complexity index is 502. The number of hydrogen-bond donors (Lipinski definition) is 3. The van der Waals surface area contributed by atoms with Crippen molar-refractivity contribution in [1.29, 1.82) is 0 Å². The molecule has 0 fully saturated rings. The smallest absolute Gasteiger partial charge is 0.241 e. The molecule has 3 N–H and O–H groups in total. The van der Waals surface area contributed by atoms with E-state index in [9.17, 15) is 9.59 Å². The van der Waals surface area contributed by atoms with Crippen LogP contribution in [-0.2, 0) is 9.59 Å². The number of likely N-dealkylation sites (N-methyl/N-ethyl adjacent to an activating group) is 2. The van der Waals surface area contributed by atoms with Crippen LogP contribution in [0.3, 0.4) is 0 Å². The number of carbonyl (C=O) groups excluding carboxylic acids is 2. The number of rotatable bonds is 3. The van der Waals surface area contributed by atoms with E-state index in [2.05, 4.69) is 16.0 Å². The van der Waals surface area contributed by atoms with Crippen LogP contribution in [0.25, 0.3) is 0 Å². The second-order valence-electron chi connectivity index (χ2n) is 4.24. The molecule has 19 heavy (non-hydrogen) atoms. The van der Waals surface area contributed by atoms with E-state index in [1.807, 2.05) is 6.07 Å². The molecular weight excluding hydrogens is 246 g/mol. The Kier molecular flexibility index (Phi) is 4.01. The van der Waals surface area contributed by atoms with E-state index in [-0.39, 0.29) is 11.8 Å². The standard InChI is InChI=1S/C13H17N3O3/c1-14-12(13(18)15-2)8-3-4-10-9(7-8)16-11(17)5-6-19-10/h3-4,7,12,14H,5-6H2,1-2H3,(H,15,18)(H,16,17). The van der Waals surface area contributed by atoms with E-state index in [0.717, 1.165) is 5.56 Å². The minimum atomic E-state index is -0.463. The zero-order valence-electron chi connectivity index (χ0n) is 10.9. The fourth-order valence-corrected chi connectivity index (χ4v) is 2.01. The van der Waals surface area contributed by atoms with E-state index in [0.29, 0.717) is 24.5 Å². The largest absolute Gasteiger partial charge is 0.491 e. The lowest BCUT2D eigenvalue weighted by Gasteiger charge is -2.17. The lowest BCUT2D eigenvalue weighted by atomic mass is 10.0. The molecule has 0 saturated heterocycles. The molecule has 1 aliphatic heterocycles. The predicted molar refractivity (Wildman–Crippen MR) is 71.1 cm³/mol. The van der Waals surface area contributed by atoms with Crippen molar-refractivity contribution in [1.82, 2.24) is 10.6 Å². The third kappa shape index (κ3) is 2.85. The second-order valence-corrected chi connectivity index (χ2v) is 4.24. The van der Waals surface area contributed by atoms with Gasteiger partial charge in [0.05, 0.1) is 18.7 Å². The molecular formula is C13H17N3O3. The highest BCUT2D eigenvalue weighted by molar-refractivity contribution is 5.93. The van der Waals surface area contributed by atoms with Crippen molar-refractivity contribution in [3.63, 3.8) is 0 Å². The average Bonchev–Trinajstić information content (AvgIpc) is 2.59. The van der Waals surface area contributed by atoms with Crippen LogP contribution in [0.1, 0.15) is 18.0 Å². The molecule has 6 nitrogen and oxygen atoms in total. The Balaban J connectivity index is 2.33. The minimum absolute atomic E-state index is 0.0862. The Hall–Kier alpha value is -2.08. The summed E-state index contributed by atoms with van der Waals surface area (Å²) in [5.41, 5.74) is 1.37. The first-order valence-corrected chi connectivity index (χ1v) is 6.11. The van der Waals surface area contributed by atoms with Gasteiger partial charge in [-0.25, -0.2) is 0 Å². The van der Waals surface area contributed by atoms with Gasteiger partial charge in [0, 0.05) is 7.05 Å². The zero-order valence-corrected chi connectivity index (χ0v) is 10.9. The fourth-order valence-electron chi connectivity index (χ4n) is 2.01. The van der Waals surface area contributed by atoms with Gasteiger partial charge in [-0.3, -0.25) is 9.59 Å². The van der Waals surface area contributed by atoms with Crippen LogP contribution in [-0.4, -0.2) is 32.5 Å². The lowest BCUT2D eigenvalue weighted by Crippen LogP contribution is -2.33. The summed E-state index contributed by atoms with van der Waals surface area (Å²) in [5, 5.41) is 8.31. The van der Waals surface area contributed by atoms with Crippen LogP contribution in [0.15, 0.2) is 18.2 Å². The fraction of sp³-hybridized carbons (Fsp3) is 0.385. The summed E-state index contributed by atoms with van der Waals surface area (Å²) in [7, 11) is 3.29. The number of hydrogen-bond acceptors (Lipinski definition) is 4. The molecule has 1 heterocycles. The van der Waals surface area contributed by atoms with Gasteiger partial charge in [-0.2, -0.15) is 0 Å². The first-order chi connectivity index (χ1) is 9.15. The van der Waals surface area contributed by atoms with Crippen LogP contribution >= 0.6 is 0 Å². The van der Waals surface area contributed by atoms with Crippen LogP contribution in [0.2, 0.25) is 0 Å². The molecule has 2 rings (SSSR count). The number of fused-ring (bicyclic) bond motifs is 1. The van der Waals surface area contributed by atoms with Crippen LogP contribution < -0.4 is 20.7 Å². The predicted octanol–water partition coefficient (Wildman–Crippen LogP) is 0.414. The molecule has 1 aromatic rings. The Labute approximate surface area is 111 Å². The number of benzene rings is 1. The van der Waals surface area contributed by atoms with E-state index < -0.39 is 6.04 Å². The third-order valence-electron chi connectivity index (χ3n) is 2.99. The molecule has 1 atom stereocenters. The topological polar surface area (TPSA) is 79.5 Å². The first-order valence-electron chi connectivity index (χ1n) is 6.11. The van der Waals surface area contributed by atoms with Crippen molar-refractivity contribution in [2.45, 2.75) is 12.5 Å². The third-order valence-corrected chi connectivity index (χ3v) is 2.99. The second kappa shape index (κ2) is 5.71. The number of anilines is 1. The summed E-state index contributed by atoms with van der Waals surface area (Å²) in [6.45, 7) is 0.364. The summed E-state index contributed by atoms with van der Waals surface area (Å²) in [6, 6.07) is 4.88. The number of ether oxygens (including phenoxy) is 1. The van der Waals surface area contributed by atoms with Gasteiger partial charge in [0.15, 0.2) is 0 Å². The van der Waals surface area contributed by atoms with Crippen molar-refractivity contribution < 1.29 is 14.3 Å². The maximum Gasteiger partial charge on any atom is 0.241 e. The highest BCUT2D eigenvalue weighted by Crippen LogP contribution is 2.30. The number of carbonyl (C=O) groups is 2. The Morgan fingerprint density at radius 3 is 2.89 bits per heavy atom. The number of nitrogens with one attached hydrogen (secondary N) is 3. The molecule has 1 aromatic carbocycles. The van der Waals surface area contributed by atoms with Crippen molar-refractivity contribution in [3.05, 3.63) is 23.8 Å². The molecule has 102 valence electrons. The van der Waals surface area contributed by atoms with Crippen molar-refractivity contribution >= 4 is 17.5 Å². The average molecular weight is 263 g/mol. The van der Waals surface area contributed by atoms with E-state index in [1.54, 1.807) is 26.2 Å². The van der Waals surface area contributed by atoms with Gasteiger partial charge in [0.1, 0.15) is 11.8 Å². The van der Waals surface area contributed by atoms with Crippen LogP contribution in [0.4, 0.5) is 5.69 Å². The van der Waals surface area contributed by atoms with Gasteiger partial charge in [-0.15, -0.1) is 0 Å². The molecule has 6 heteroatoms. The maximum absolute atomic E-state index is 11.8. The SMILES string of the molecule is CNC(=O)C(NC)c1ccc2c(c1)NC(=O)CCO2. The van der Waals surface area contributed by atoms with Gasteiger partial charge < -0.3 is 20.7 Å². The molecule has 0 aromatic heterocycles. The quantitative estimate of drug-likeness (QED) is 0.738. The molecule has 0 aliphatic carbocycles. The summed E-state index contributed by atoms with van der Waals surface area (Å²) < 4.78 is 5.47. The monoisotopic (exact) mass is 263 g/mol. The molecule has 0 bridgehead atoms. The minimum Gasteiger partial charge on any atom is -0.491 e. The zero-order chi connectivity index (χ0) is 13.8. The van der Waals surface area contributed by atoms with Gasteiger partial charge in [0.2, 0.25) is 11.8 Å². The molecule has 0 saturated carbocycles. The van der Waals surface area contributed by atoms with Gasteiger partial charge in [-0.1, -0.05) is 6.07 Å². The molecule has 1 aliphatic rings. The van der Waals surface area contributed by atoms with Gasteiger partial charge in [0.25, 0.3) is 0 Å². The van der Waals surface area contributed by atoms with Crippen LogP contribution in [0.5, 0.6) is 5.75 Å². The molecule has 1 unspecified atom stereocenters. The summed E-state index contributed by atoms with van der Waals surface area (Å²) in [5.74, 6) is 0.404. The normalized spacial score (nSPS) is 15.6.